The lowest BCUT2D eigenvalue weighted by Gasteiger charge is -2.27. The lowest BCUT2D eigenvalue weighted by molar-refractivity contribution is 0.0975. The lowest BCUT2D eigenvalue weighted by atomic mass is 10.1. The Morgan fingerprint density at radius 3 is 3.05 bits per heavy atom. The topological polar surface area (TPSA) is 79.7 Å². The molecule has 2 rings (SSSR count). The Morgan fingerprint density at radius 2 is 2.33 bits per heavy atom. The van der Waals surface area contributed by atoms with Gasteiger partial charge in [0.25, 0.3) is 5.88 Å². The maximum absolute atomic E-state index is 10.3. The Kier molecular flexibility index (Phi) is 3.01. The predicted molar refractivity (Wildman–Crippen MR) is 82.2 cm³/mol. The summed E-state index contributed by atoms with van der Waals surface area (Å²) in [4.78, 5) is 1.81. The highest BCUT2D eigenvalue weighted by molar-refractivity contribution is 6.99. The summed E-state index contributed by atoms with van der Waals surface area (Å²) in [7, 11) is 0. The van der Waals surface area contributed by atoms with E-state index in [1.807, 2.05) is 4.90 Å². The zero-order valence-electron chi connectivity index (χ0n) is 19.6. The van der Waals surface area contributed by atoms with Gasteiger partial charge in [-0.15, -0.1) is 4.37 Å². The van der Waals surface area contributed by atoms with E-state index in [9.17, 15) is 5.11 Å². The van der Waals surface area contributed by atoms with Gasteiger partial charge in [0, 0.05) is 33.4 Å². The van der Waals surface area contributed by atoms with Crippen LogP contribution in [-0.4, -0.2) is 64.9 Å². The van der Waals surface area contributed by atoms with Crippen LogP contribution in [0.5, 0.6) is 5.88 Å². The average Bonchev–Trinajstić information content (AvgIpc) is 3.05. The molecule has 120 valence electrons. The van der Waals surface area contributed by atoms with E-state index in [-0.39, 0.29) is 5.88 Å². The molecular formula is C13H24N4O3S. The minimum atomic E-state index is -2.92. The summed E-state index contributed by atoms with van der Waals surface area (Å²) in [5, 5.41) is 12.5. The molecule has 0 saturated carbocycles. The maximum atomic E-state index is 10.3. The molecule has 0 radical (unpaired) electrons. The number of β-amino-alcohol motifs (C(OH)–C–C–N with tert-alkyl or cyclic N) is 1. The highest BCUT2D eigenvalue weighted by Gasteiger charge is 2.21. The normalized spacial score (nSPS) is 25.3. The summed E-state index contributed by atoms with van der Waals surface area (Å²) in [6.07, 6.45) is -1.88. The summed E-state index contributed by atoms with van der Waals surface area (Å²) >= 11 is 0.816. The highest BCUT2D eigenvalue weighted by Crippen LogP contribution is 2.26. The van der Waals surface area contributed by atoms with Crippen molar-refractivity contribution in [3.05, 3.63) is 0 Å². The number of morpholine rings is 1. The third-order valence-corrected chi connectivity index (χ3v) is 3.20. The third-order valence-electron chi connectivity index (χ3n) is 2.69. The molecule has 1 atom stereocenters. The van der Waals surface area contributed by atoms with E-state index >= 15 is 0 Å². The number of anilines is 1. The number of ether oxygens (including phenoxy) is 2. The molecule has 0 spiro atoms. The number of nitrogens with one attached hydrogen (secondary N) is 1. The van der Waals surface area contributed by atoms with Crippen LogP contribution in [0, 0.1) is 0 Å². The molecule has 2 N–H and O–H groups in total. The second-order valence-electron chi connectivity index (χ2n) is 4.73. The van der Waals surface area contributed by atoms with Crippen molar-refractivity contribution in [2.45, 2.75) is 32.3 Å². The molecule has 21 heavy (non-hydrogen) atoms. The van der Waals surface area contributed by atoms with Crippen LogP contribution in [-0.2, 0) is 4.74 Å². The van der Waals surface area contributed by atoms with E-state index in [1.165, 1.54) is 0 Å². The number of nitrogens with zero attached hydrogens (tertiary/aromatic N) is 3. The molecule has 0 amide bonds. The molecule has 0 unspecified atom stereocenters. The number of aliphatic hydroxyl groups is 1. The van der Waals surface area contributed by atoms with Crippen LogP contribution in [0.2, 0.25) is 0 Å². The van der Waals surface area contributed by atoms with Crippen LogP contribution in [0.1, 0.15) is 31.6 Å². The van der Waals surface area contributed by atoms with Gasteiger partial charge in [0.05, 0.1) is 27.7 Å². The van der Waals surface area contributed by atoms with Crippen LogP contribution in [0.4, 0.5) is 5.82 Å². The summed E-state index contributed by atoms with van der Waals surface area (Å²) in [5.74, 6) is 0.201. The molecule has 0 bridgehead atoms. The van der Waals surface area contributed by atoms with Crippen LogP contribution in [0.3, 0.4) is 0 Å². The summed E-state index contributed by atoms with van der Waals surface area (Å²) < 4.78 is 79.6. The Morgan fingerprint density at radius 1 is 1.57 bits per heavy atom. The summed E-state index contributed by atoms with van der Waals surface area (Å²) in [6, 6.07) is 0. The Hall–Kier alpha value is -0.960. The smallest absolute Gasteiger partial charge is 0.270 e. The zero-order chi connectivity index (χ0) is 22.1. The van der Waals surface area contributed by atoms with E-state index < -0.39 is 38.5 Å². The van der Waals surface area contributed by atoms with Crippen LogP contribution in [0.25, 0.3) is 0 Å². The molecule has 1 aromatic heterocycles. The average molecular weight is 324 g/mol. The van der Waals surface area contributed by atoms with Crippen molar-refractivity contribution in [2.75, 3.05) is 44.3 Å². The molecule has 2 heterocycles. The van der Waals surface area contributed by atoms with Crippen molar-refractivity contribution in [2.24, 2.45) is 0 Å². The molecular weight excluding hydrogens is 292 g/mol. The molecule has 0 aliphatic carbocycles. The zero-order valence-corrected chi connectivity index (χ0v) is 12.4. The third kappa shape index (κ3) is 5.39. The first kappa shape index (κ1) is 8.61. The second-order valence-corrected chi connectivity index (χ2v) is 5.26. The van der Waals surface area contributed by atoms with Crippen molar-refractivity contribution in [1.82, 2.24) is 14.1 Å². The van der Waals surface area contributed by atoms with E-state index in [1.54, 1.807) is 0 Å². The second kappa shape index (κ2) is 7.35. The number of hydrogen-bond donors (Lipinski definition) is 2. The Balaban J connectivity index is 2.09. The SMILES string of the molecule is [2H]C([2H])(Oc1nsnc1N1CCOCC1)[C@@H](O)CNC(C)(C([2H])([2H])[2H])C([2H])([2H])[2H]. The fourth-order valence-electron chi connectivity index (χ4n) is 1.67. The number of hydrogen-bond acceptors (Lipinski definition) is 8. The summed E-state index contributed by atoms with van der Waals surface area (Å²) in [5.41, 5.74) is -2.35. The molecule has 1 fully saturated rings. The van der Waals surface area contributed by atoms with Crippen molar-refractivity contribution < 1.29 is 25.5 Å². The van der Waals surface area contributed by atoms with Gasteiger partial charge in [-0.05, 0) is 20.6 Å². The highest BCUT2D eigenvalue weighted by atomic mass is 32.1. The summed E-state index contributed by atoms with van der Waals surface area (Å²) in [6.45, 7) is -6.25. The first-order valence-corrected chi connectivity index (χ1v) is 7.19. The Bertz CT molecular complexity index is 664. The van der Waals surface area contributed by atoms with E-state index in [2.05, 4.69) is 14.1 Å². The number of rotatable bonds is 6. The minimum Gasteiger partial charge on any atom is -0.472 e. The van der Waals surface area contributed by atoms with Crippen molar-refractivity contribution in [1.29, 1.82) is 0 Å². The van der Waals surface area contributed by atoms with Crippen molar-refractivity contribution in [3.8, 4) is 5.88 Å². The van der Waals surface area contributed by atoms with E-state index in [0.717, 1.165) is 18.7 Å². The van der Waals surface area contributed by atoms with Crippen molar-refractivity contribution in [3.63, 3.8) is 0 Å². The van der Waals surface area contributed by atoms with Crippen molar-refractivity contribution >= 4 is 17.5 Å². The molecule has 7 nitrogen and oxygen atoms in total. The standard InChI is InChI=1S/C13H24N4O3S/c1-13(2,3)14-8-10(18)9-20-12-11(15-21-16-12)17-4-6-19-7-5-17/h10,14,18H,4-9H2,1-3H3/t10-/m0/s1/i1D3,2D3,9D2. The van der Waals surface area contributed by atoms with E-state index in [4.69, 9.17) is 20.4 Å². The minimum absolute atomic E-state index is 0.115. The maximum Gasteiger partial charge on any atom is 0.270 e. The van der Waals surface area contributed by atoms with Crippen LogP contribution < -0.4 is 15.0 Å². The van der Waals surface area contributed by atoms with E-state index in [0.29, 0.717) is 32.1 Å². The van der Waals surface area contributed by atoms with Gasteiger partial charge < -0.3 is 24.8 Å². The number of aliphatic hydroxyl groups excluding tert-OH is 1. The van der Waals surface area contributed by atoms with Gasteiger partial charge in [0.2, 0.25) is 5.82 Å². The van der Waals surface area contributed by atoms with Gasteiger partial charge in [-0.1, -0.05) is 0 Å². The van der Waals surface area contributed by atoms with Crippen LogP contribution >= 0.6 is 11.7 Å². The molecule has 1 aromatic rings. The fourth-order valence-corrected chi connectivity index (χ4v) is 2.18. The Labute approximate surface area is 140 Å². The quantitative estimate of drug-likeness (QED) is 0.789. The lowest BCUT2D eigenvalue weighted by Crippen LogP contribution is -2.42. The van der Waals surface area contributed by atoms with Gasteiger partial charge in [-0.25, -0.2) is 0 Å². The molecule has 1 aliphatic rings. The predicted octanol–water partition coefficient (Wildman–Crippen LogP) is 0.502. The van der Waals surface area contributed by atoms with Gasteiger partial charge >= 0.3 is 0 Å². The molecule has 1 aliphatic heterocycles. The van der Waals surface area contributed by atoms with Crippen LogP contribution in [0.15, 0.2) is 0 Å². The molecule has 8 heteroatoms. The van der Waals surface area contributed by atoms with Gasteiger partial charge in [0.1, 0.15) is 12.7 Å². The monoisotopic (exact) mass is 324 g/mol. The molecule has 1 saturated heterocycles. The van der Waals surface area contributed by atoms with Gasteiger partial charge in [0.15, 0.2) is 0 Å². The van der Waals surface area contributed by atoms with Gasteiger partial charge in [-0.2, -0.15) is 4.37 Å². The number of aromatic nitrogens is 2. The fraction of sp³-hybridized carbons (Fsp3) is 0.846. The first-order chi connectivity index (χ1) is 13.2. The molecule has 0 aromatic carbocycles. The van der Waals surface area contributed by atoms with Gasteiger partial charge in [-0.3, -0.25) is 0 Å². The largest absolute Gasteiger partial charge is 0.472 e. The first-order valence-electron chi connectivity index (χ1n) is 10.5.